The zero-order valence-corrected chi connectivity index (χ0v) is 14.7. The average molecular weight is 328 g/mol. The molecule has 0 atom stereocenters. The quantitative estimate of drug-likeness (QED) is 0.473. The van der Waals surface area contributed by atoms with Crippen LogP contribution < -0.4 is 4.90 Å². The molecule has 1 heterocycles. The van der Waals surface area contributed by atoms with E-state index >= 15 is 0 Å². The molecule has 1 aromatic rings. The lowest BCUT2D eigenvalue weighted by Gasteiger charge is -2.18. The minimum Gasteiger partial charge on any atom is -0.462 e. The molecule has 0 N–H and O–H groups in total. The SMILES string of the molecule is CCOC(=O)C(C#N)=CC=C1Sc2cc(C)c(C)cc2N1CC. The van der Waals surface area contributed by atoms with Crippen LogP contribution in [0.15, 0.2) is 39.8 Å². The van der Waals surface area contributed by atoms with Gasteiger partial charge in [0.25, 0.3) is 0 Å². The van der Waals surface area contributed by atoms with E-state index in [1.807, 2.05) is 12.1 Å². The third kappa shape index (κ3) is 3.59. The fraction of sp³-hybridized carbons (Fsp3) is 0.333. The van der Waals surface area contributed by atoms with Gasteiger partial charge in [-0.25, -0.2) is 4.79 Å². The molecular weight excluding hydrogens is 308 g/mol. The van der Waals surface area contributed by atoms with E-state index in [1.54, 1.807) is 18.7 Å². The smallest absolute Gasteiger partial charge is 0.348 e. The number of carbonyl (C=O) groups excluding carboxylic acids is 1. The number of hydrogen-bond acceptors (Lipinski definition) is 5. The first-order valence-corrected chi connectivity index (χ1v) is 8.39. The molecule has 0 spiro atoms. The van der Waals surface area contributed by atoms with Gasteiger partial charge in [-0.1, -0.05) is 11.8 Å². The molecule has 0 amide bonds. The van der Waals surface area contributed by atoms with Gasteiger partial charge in [0, 0.05) is 11.4 Å². The molecule has 0 radical (unpaired) electrons. The minimum absolute atomic E-state index is 0.0133. The largest absolute Gasteiger partial charge is 0.462 e. The van der Waals surface area contributed by atoms with Gasteiger partial charge in [-0.15, -0.1) is 0 Å². The molecule has 0 aliphatic carbocycles. The molecular formula is C18H20N2O2S. The summed E-state index contributed by atoms with van der Waals surface area (Å²) in [6.07, 6.45) is 3.35. The van der Waals surface area contributed by atoms with E-state index in [1.165, 1.54) is 27.8 Å². The van der Waals surface area contributed by atoms with E-state index in [0.29, 0.717) is 0 Å². The zero-order valence-electron chi connectivity index (χ0n) is 13.8. The van der Waals surface area contributed by atoms with Crippen molar-refractivity contribution in [3.63, 3.8) is 0 Å². The highest BCUT2D eigenvalue weighted by atomic mass is 32.2. The van der Waals surface area contributed by atoms with Crippen molar-refractivity contribution in [1.29, 1.82) is 5.26 Å². The Labute approximate surface area is 141 Å². The highest BCUT2D eigenvalue weighted by Crippen LogP contribution is 2.46. The van der Waals surface area contributed by atoms with Crippen molar-refractivity contribution in [3.8, 4) is 6.07 Å². The highest BCUT2D eigenvalue weighted by molar-refractivity contribution is 8.03. The summed E-state index contributed by atoms with van der Waals surface area (Å²) >= 11 is 1.65. The van der Waals surface area contributed by atoms with E-state index in [2.05, 4.69) is 37.8 Å². The number of nitrogens with zero attached hydrogens (tertiary/aromatic N) is 2. The maximum absolute atomic E-state index is 11.7. The van der Waals surface area contributed by atoms with Crippen LogP contribution in [0.4, 0.5) is 5.69 Å². The van der Waals surface area contributed by atoms with Gasteiger partial charge < -0.3 is 9.64 Å². The molecule has 4 nitrogen and oxygen atoms in total. The summed E-state index contributed by atoms with van der Waals surface area (Å²) in [5, 5.41) is 10.1. The molecule has 5 heteroatoms. The van der Waals surface area contributed by atoms with Gasteiger partial charge in [-0.05, 0) is 63.1 Å². The number of thioether (sulfide) groups is 1. The zero-order chi connectivity index (χ0) is 17.0. The molecule has 0 bridgehead atoms. The van der Waals surface area contributed by atoms with Gasteiger partial charge >= 0.3 is 5.97 Å². The molecule has 0 saturated carbocycles. The van der Waals surface area contributed by atoms with Crippen LogP contribution >= 0.6 is 11.8 Å². The van der Waals surface area contributed by atoms with E-state index in [4.69, 9.17) is 10.00 Å². The number of aryl methyl sites for hydroxylation is 2. The average Bonchev–Trinajstić information content (AvgIpc) is 2.85. The Morgan fingerprint density at radius 3 is 2.65 bits per heavy atom. The predicted octanol–water partition coefficient (Wildman–Crippen LogP) is 4.09. The fourth-order valence-corrected chi connectivity index (χ4v) is 3.53. The summed E-state index contributed by atoms with van der Waals surface area (Å²) < 4.78 is 4.88. The lowest BCUT2D eigenvalue weighted by molar-refractivity contribution is -0.138. The van der Waals surface area contributed by atoms with Gasteiger partial charge in [0.1, 0.15) is 11.6 Å². The van der Waals surface area contributed by atoms with Crippen molar-refractivity contribution < 1.29 is 9.53 Å². The number of ether oxygens (including phenoxy) is 1. The number of hydrogen-bond donors (Lipinski definition) is 0. The molecule has 1 aliphatic rings. The molecule has 0 saturated heterocycles. The number of carbonyl (C=O) groups is 1. The van der Waals surface area contributed by atoms with Gasteiger partial charge in [0.15, 0.2) is 0 Å². The molecule has 0 fully saturated rings. The van der Waals surface area contributed by atoms with Crippen molar-refractivity contribution >= 4 is 23.4 Å². The molecule has 1 aromatic carbocycles. The van der Waals surface area contributed by atoms with Crippen molar-refractivity contribution in [2.24, 2.45) is 0 Å². The summed E-state index contributed by atoms with van der Waals surface area (Å²) in [6.45, 7) is 9.09. The maximum atomic E-state index is 11.7. The van der Waals surface area contributed by atoms with Gasteiger partial charge in [0.05, 0.1) is 17.3 Å². The molecule has 1 aliphatic heterocycles. The van der Waals surface area contributed by atoms with Crippen LogP contribution in [-0.2, 0) is 9.53 Å². The summed E-state index contributed by atoms with van der Waals surface area (Å²) in [4.78, 5) is 15.1. The third-order valence-corrected chi connectivity index (χ3v) is 4.78. The fourth-order valence-electron chi connectivity index (χ4n) is 2.32. The highest BCUT2D eigenvalue weighted by Gasteiger charge is 2.24. The second kappa shape index (κ2) is 7.38. The second-order valence-electron chi connectivity index (χ2n) is 5.17. The Morgan fingerprint density at radius 1 is 1.35 bits per heavy atom. The first-order valence-electron chi connectivity index (χ1n) is 7.57. The Balaban J connectivity index is 2.34. The van der Waals surface area contributed by atoms with Crippen LogP contribution in [0.5, 0.6) is 0 Å². The number of esters is 1. The van der Waals surface area contributed by atoms with Gasteiger partial charge in [0.2, 0.25) is 0 Å². The number of fused-ring (bicyclic) bond motifs is 1. The Kier molecular flexibility index (Phi) is 5.51. The Bertz CT molecular complexity index is 729. The number of benzene rings is 1. The molecule has 0 aromatic heterocycles. The Morgan fingerprint density at radius 2 is 2.04 bits per heavy atom. The summed E-state index contributed by atoms with van der Waals surface area (Å²) in [7, 11) is 0. The Hall–Kier alpha value is -2.19. The van der Waals surface area contributed by atoms with Crippen LogP contribution in [-0.4, -0.2) is 19.1 Å². The van der Waals surface area contributed by atoms with E-state index < -0.39 is 5.97 Å². The molecule has 120 valence electrons. The van der Waals surface area contributed by atoms with Crippen molar-refractivity contribution in [1.82, 2.24) is 0 Å². The first kappa shape index (κ1) is 17.2. The van der Waals surface area contributed by atoms with E-state index in [9.17, 15) is 4.79 Å². The van der Waals surface area contributed by atoms with Crippen LogP contribution in [0.2, 0.25) is 0 Å². The molecule has 2 rings (SSSR count). The lowest BCUT2D eigenvalue weighted by Crippen LogP contribution is -2.16. The summed E-state index contributed by atoms with van der Waals surface area (Å²) in [5.41, 5.74) is 3.70. The van der Waals surface area contributed by atoms with E-state index in [0.717, 1.165) is 11.6 Å². The van der Waals surface area contributed by atoms with Gasteiger partial charge in [-0.3, -0.25) is 0 Å². The molecule has 0 unspecified atom stereocenters. The van der Waals surface area contributed by atoms with Crippen LogP contribution in [0.25, 0.3) is 0 Å². The number of anilines is 1. The monoisotopic (exact) mass is 328 g/mol. The van der Waals surface area contributed by atoms with E-state index in [-0.39, 0.29) is 12.2 Å². The standard InChI is InChI=1S/C18H20N2O2S/c1-5-20-15-9-12(3)13(4)10-16(15)23-17(20)8-7-14(11-19)18(21)22-6-2/h7-10H,5-6H2,1-4H3. The van der Waals surface area contributed by atoms with Crippen molar-refractivity contribution in [2.75, 3.05) is 18.1 Å². The lowest BCUT2D eigenvalue weighted by atomic mass is 10.1. The van der Waals surface area contributed by atoms with Crippen LogP contribution in [0.1, 0.15) is 25.0 Å². The minimum atomic E-state index is -0.581. The number of nitriles is 1. The van der Waals surface area contributed by atoms with Crippen molar-refractivity contribution in [2.45, 2.75) is 32.6 Å². The third-order valence-electron chi connectivity index (χ3n) is 3.67. The molecule has 23 heavy (non-hydrogen) atoms. The second-order valence-corrected chi connectivity index (χ2v) is 6.23. The van der Waals surface area contributed by atoms with Crippen LogP contribution in [0.3, 0.4) is 0 Å². The number of rotatable bonds is 4. The van der Waals surface area contributed by atoms with Crippen LogP contribution in [0, 0.1) is 25.2 Å². The van der Waals surface area contributed by atoms with Crippen molar-refractivity contribution in [3.05, 3.63) is 46.0 Å². The maximum Gasteiger partial charge on any atom is 0.348 e. The van der Waals surface area contributed by atoms with Gasteiger partial charge in [-0.2, -0.15) is 5.26 Å². The predicted molar refractivity (Wildman–Crippen MR) is 93.2 cm³/mol. The topological polar surface area (TPSA) is 53.3 Å². The summed E-state index contributed by atoms with van der Waals surface area (Å²) in [5.74, 6) is -0.581. The first-order chi connectivity index (χ1) is 11.0. The normalized spacial score (nSPS) is 15.5. The summed E-state index contributed by atoms with van der Waals surface area (Å²) in [6, 6.07) is 6.26. The number of allylic oxidation sites excluding steroid dienone is 2.